The van der Waals surface area contributed by atoms with E-state index in [2.05, 4.69) is 5.32 Å². The molecule has 0 aliphatic carbocycles. The van der Waals surface area contributed by atoms with E-state index in [0.717, 1.165) is 0 Å². The molecule has 2 heterocycles. The Hall–Kier alpha value is -3.04. The Morgan fingerprint density at radius 3 is 2.06 bits per heavy atom. The van der Waals surface area contributed by atoms with Gasteiger partial charge in [0, 0.05) is 31.2 Å². The quantitative estimate of drug-likeness (QED) is 0.463. The zero-order valence-electron chi connectivity index (χ0n) is 18.1. The predicted molar refractivity (Wildman–Crippen MR) is 110 cm³/mol. The van der Waals surface area contributed by atoms with Crippen LogP contribution in [0, 0.1) is 0 Å². The molecule has 0 atom stereocenters. The van der Waals surface area contributed by atoms with Crippen molar-refractivity contribution in [2.45, 2.75) is 19.8 Å². The molecule has 1 N–H and O–H groups in total. The van der Waals surface area contributed by atoms with Gasteiger partial charge < -0.3 is 33.7 Å². The molecule has 1 aromatic carbocycles. The lowest BCUT2D eigenvalue weighted by Crippen LogP contribution is -2.33. The number of benzene rings is 1. The molecule has 0 spiro atoms. The number of esters is 2. The number of fused-ring (bicyclic) bond motifs is 1. The summed E-state index contributed by atoms with van der Waals surface area (Å²) in [6.45, 7) is 4.27. The molecular weight excluding hydrogens is 406 g/mol. The van der Waals surface area contributed by atoms with E-state index in [-0.39, 0.29) is 33.2 Å². The smallest absolute Gasteiger partial charge is 0.336 e. The zero-order chi connectivity index (χ0) is 22.4. The topological polar surface area (TPSA) is 102 Å². The first kappa shape index (κ1) is 22.6. The highest BCUT2D eigenvalue weighted by Gasteiger charge is 2.40. The van der Waals surface area contributed by atoms with Crippen molar-refractivity contribution in [1.82, 2.24) is 5.32 Å². The summed E-state index contributed by atoms with van der Waals surface area (Å²) in [4.78, 5) is 26.1. The number of dihydropyridines is 1. The molecule has 0 bridgehead atoms. The Balaban J connectivity index is 2.05. The van der Waals surface area contributed by atoms with Gasteiger partial charge in [0.1, 0.15) is 13.2 Å². The molecule has 0 amide bonds. The van der Waals surface area contributed by atoms with Gasteiger partial charge in [0.15, 0.2) is 11.5 Å². The number of hydrogen-bond donors (Lipinski definition) is 1. The molecule has 0 unspecified atom stereocenters. The number of allylic oxidation sites excluding steroid dienone is 2. The highest BCUT2D eigenvalue weighted by atomic mass is 16.7. The molecule has 9 heteroatoms. The van der Waals surface area contributed by atoms with Crippen molar-refractivity contribution in [3.63, 3.8) is 0 Å². The van der Waals surface area contributed by atoms with Crippen LogP contribution in [0.15, 0.2) is 40.7 Å². The predicted octanol–water partition coefficient (Wildman–Crippen LogP) is 2.03. The third kappa shape index (κ3) is 4.83. The van der Waals surface area contributed by atoms with Crippen molar-refractivity contribution in [3.05, 3.63) is 46.3 Å². The Labute approximate surface area is 180 Å². The van der Waals surface area contributed by atoms with Gasteiger partial charge in [0.2, 0.25) is 6.79 Å². The van der Waals surface area contributed by atoms with Crippen molar-refractivity contribution >= 4 is 11.9 Å². The van der Waals surface area contributed by atoms with E-state index in [4.69, 9.17) is 28.4 Å². The van der Waals surface area contributed by atoms with Crippen LogP contribution in [0.2, 0.25) is 0 Å². The highest BCUT2D eigenvalue weighted by molar-refractivity contribution is 6.00. The maximum atomic E-state index is 13.1. The molecule has 3 rings (SSSR count). The molecule has 2 aliphatic heterocycles. The van der Waals surface area contributed by atoms with Crippen molar-refractivity contribution in [2.24, 2.45) is 0 Å². The minimum absolute atomic E-state index is 0.0595. The van der Waals surface area contributed by atoms with Crippen LogP contribution in [0.5, 0.6) is 11.5 Å². The minimum Gasteiger partial charge on any atom is -0.460 e. The average Bonchev–Trinajstić information content (AvgIpc) is 3.22. The summed E-state index contributed by atoms with van der Waals surface area (Å²) in [5.74, 6) is -0.843. The van der Waals surface area contributed by atoms with E-state index in [0.29, 0.717) is 39.6 Å². The summed E-state index contributed by atoms with van der Waals surface area (Å²) < 4.78 is 31.9. The first-order chi connectivity index (χ1) is 15.0. The molecule has 0 fully saturated rings. The third-order valence-corrected chi connectivity index (χ3v) is 4.98. The fraction of sp³-hybridized carbons (Fsp3) is 0.455. The maximum absolute atomic E-state index is 13.1. The van der Waals surface area contributed by atoms with Gasteiger partial charge in [-0.05, 0) is 19.9 Å². The summed E-state index contributed by atoms with van der Waals surface area (Å²) in [7, 11) is 3.04. The van der Waals surface area contributed by atoms with Crippen LogP contribution in [0.1, 0.15) is 25.3 Å². The lowest BCUT2D eigenvalue weighted by molar-refractivity contribution is -0.141. The Kier molecular flexibility index (Phi) is 7.54. The monoisotopic (exact) mass is 433 g/mol. The fourth-order valence-corrected chi connectivity index (χ4v) is 3.62. The second kappa shape index (κ2) is 10.3. The minimum atomic E-state index is -0.761. The van der Waals surface area contributed by atoms with E-state index in [1.165, 1.54) is 14.2 Å². The van der Waals surface area contributed by atoms with Gasteiger partial charge in [-0.2, -0.15) is 0 Å². The molecule has 168 valence electrons. The molecule has 0 saturated heterocycles. The number of para-hydroxylation sites is 1. The summed E-state index contributed by atoms with van der Waals surface area (Å²) in [5.41, 5.74) is 2.37. The first-order valence-electron chi connectivity index (χ1n) is 9.88. The van der Waals surface area contributed by atoms with Gasteiger partial charge in [-0.15, -0.1) is 0 Å². The summed E-state index contributed by atoms with van der Waals surface area (Å²) >= 11 is 0. The lowest BCUT2D eigenvalue weighted by Gasteiger charge is -2.31. The second-order valence-corrected chi connectivity index (χ2v) is 6.97. The number of carbonyl (C=O) groups excluding carboxylic acids is 2. The Morgan fingerprint density at radius 2 is 1.52 bits per heavy atom. The van der Waals surface area contributed by atoms with Gasteiger partial charge in [-0.25, -0.2) is 9.59 Å². The van der Waals surface area contributed by atoms with Crippen LogP contribution in [0.3, 0.4) is 0 Å². The van der Waals surface area contributed by atoms with Crippen LogP contribution in [0.25, 0.3) is 0 Å². The van der Waals surface area contributed by atoms with E-state index in [1.54, 1.807) is 32.0 Å². The van der Waals surface area contributed by atoms with Crippen LogP contribution < -0.4 is 14.8 Å². The average molecular weight is 433 g/mol. The Morgan fingerprint density at radius 1 is 0.935 bits per heavy atom. The van der Waals surface area contributed by atoms with Gasteiger partial charge in [-0.3, -0.25) is 0 Å². The molecule has 9 nitrogen and oxygen atoms in total. The number of rotatable bonds is 9. The number of carbonyl (C=O) groups is 2. The largest absolute Gasteiger partial charge is 0.460 e. The van der Waals surface area contributed by atoms with Crippen LogP contribution in [-0.2, 0) is 28.5 Å². The number of ether oxygens (including phenoxy) is 6. The lowest BCUT2D eigenvalue weighted by atomic mass is 9.80. The fourth-order valence-electron chi connectivity index (χ4n) is 3.62. The van der Waals surface area contributed by atoms with Crippen molar-refractivity contribution < 1.29 is 38.0 Å². The second-order valence-electron chi connectivity index (χ2n) is 6.97. The highest BCUT2D eigenvalue weighted by Crippen LogP contribution is 2.47. The van der Waals surface area contributed by atoms with Crippen LogP contribution in [-0.4, -0.2) is 59.4 Å². The SMILES string of the molecule is COCCOC(=O)C1=C(C)NC(C)=C(C(=O)OCCOC)C1c1cccc2c1OCO2. The maximum Gasteiger partial charge on any atom is 0.336 e. The van der Waals surface area contributed by atoms with E-state index in [1.807, 2.05) is 0 Å². The third-order valence-electron chi connectivity index (χ3n) is 4.98. The van der Waals surface area contributed by atoms with Crippen LogP contribution >= 0.6 is 0 Å². The standard InChI is InChI=1S/C22H27NO8/c1-13-17(21(24)28-10-8-26-3)19(15-6-5-7-16-20(15)31-12-30-16)18(14(2)23-13)22(25)29-11-9-27-4/h5-7,19,23H,8-12H2,1-4H3. The van der Waals surface area contributed by atoms with Gasteiger partial charge in [-0.1, -0.05) is 12.1 Å². The van der Waals surface area contributed by atoms with Crippen molar-refractivity contribution in [2.75, 3.05) is 47.4 Å². The molecule has 0 saturated carbocycles. The van der Waals surface area contributed by atoms with Gasteiger partial charge in [0.25, 0.3) is 0 Å². The van der Waals surface area contributed by atoms with E-state index in [9.17, 15) is 9.59 Å². The van der Waals surface area contributed by atoms with Gasteiger partial charge >= 0.3 is 11.9 Å². The first-order valence-corrected chi connectivity index (χ1v) is 9.88. The molecular formula is C22H27NO8. The van der Waals surface area contributed by atoms with E-state index < -0.39 is 17.9 Å². The molecule has 0 aromatic heterocycles. The number of nitrogens with one attached hydrogen (secondary N) is 1. The molecule has 0 radical (unpaired) electrons. The molecule has 2 aliphatic rings. The Bertz CT molecular complexity index is 861. The normalized spacial score (nSPS) is 15.7. The van der Waals surface area contributed by atoms with E-state index >= 15 is 0 Å². The molecule has 1 aromatic rings. The summed E-state index contributed by atoms with van der Waals surface area (Å²) in [6.07, 6.45) is 0. The summed E-state index contributed by atoms with van der Waals surface area (Å²) in [5, 5.41) is 3.11. The van der Waals surface area contributed by atoms with Crippen LogP contribution in [0.4, 0.5) is 0 Å². The van der Waals surface area contributed by atoms with Crippen molar-refractivity contribution in [1.29, 1.82) is 0 Å². The van der Waals surface area contributed by atoms with Gasteiger partial charge in [0.05, 0.1) is 30.3 Å². The summed E-state index contributed by atoms with van der Waals surface area (Å²) in [6, 6.07) is 5.36. The number of methoxy groups -OCH3 is 2. The zero-order valence-corrected chi connectivity index (χ0v) is 18.1. The van der Waals surface area contributed by atoms with Crippen molar-refractivity contribution in [3.8, 4) is 11.5 Å². The number of hydrogen-bond acceptors (Lipinski definition) is 9. The molecule has 31 heavy (non-hydrogen) atoms.